The van der Waals surface area contributed by atoms with Gasteiger partial charge in [-0.25, -0.2) is 0 Å². The lowest BCUT2D eigenvalue weighted by Crippen LogP contribution is -2.36. The Labute approximate surface area is 166 Å². The summed E-state index contributed by atoms with van der Waals surface area (Å²) < 4.78 is 0. The molecule has 1 fully saturated rings. The lowest BCUT2D eigenvalue weighted by atomic mass is 9.96. The number of aromatic nitrogens is 2. The van der Waals surface area contributed by atoms with Gasteiger partial charge >= 0.3 is 0 Å². The molecule has 2 aromatic heterocycles. The van der Waals surface area contributed by atoms with Gasteiger partial charge in [0.1, 0.15) is 0 Å². The van der Waals surface area contributed by atoms with Crippen molar-refractivity contribution in [2.75, 3.05) is 33.2 Å². The maximum absolute atomic E-state index is 13.0. The van der Waals surface area contributed by atoms with Crippen LogP contribution in [0.4, 0.5) is 0 Å². The molecular weight excluding hydrogens is 348 g/mol. The predicted molar refractivity (Wildman–Crippen MR) is 111 cm³/mol. The van der Waals surface area contributed by atoms with Crippen molar-refractivity contribution in [3.63, 3.8) is 0 Å². The Bertz CT molecular complexity index is 965. The topological polar surface area (TPSA) is 49.3 Å². The van der Waals surface area contributed by atoms with Gasteiger partial charge in [0.05, 0.1) is 5.56 Å². The molecule has 1 unspecified atom stereocenters. The summed E-state index contributed by atoms with van der Waals surface area (Å²) in [7, 11) is 2.13. The largest absolute Gasteiger partial charge is 0.337 e. The van der Waals surface area contributed by atoms with E-state index in [2.05, 4.69) is 40.1 Å². The number of likely N-dealkylation sites (N-methyl/N-ethyl adjacent to an activating group) is 1. The molecule has 0 bridgehead atoms. The minimum Gasteiger partial charge on any atom is -0.337 e. The van der Waals surface area contributed by atoms with E-state index in [0.29, 0.717) is 11.5 Å². The smallest absolute Gasteiger partial charge is 0.255 e. The van der Waals surface area contributed by atoms with E-state index in [1.54, 1.807) is 6.20 Å². The van der Waals surface area contributed by atoms with Crippen LogP contribution < -0.4 is 0 Å². The van der Waals surface area contributed by atoms with Gasteiger partial charge in [0.2, 0.25) is 0 Å². The van der Waals surface area contributed by atoms with Gasteiger partial charge in [-0.05, 0) is 49.4 Å². The summed E-state index contributed by atoms with van der Waals surface area (Å²) in [6.07, 6.45) is 6.49. The van der Waals surface area contributed by atoms with E-state index in [0.717, 1.165) is 38.3 Å². The molecule has 4 rings (SSSR count). The fourth-order valence-electron chi connectivity index (χ4n) is 4.03. The van der Waals surface area contributed by atoms with Crippen LogP contribution >= 0.6 is 0 Å². The molecular formula is C23H26N4O. The SMILES string of the molecule is Cc1ccc(C(=O)N2CCN(C)CC(Cc3cncc4ccccc34)C2)cn1. The van der Waals surface area contributed by atoms with Crippen LogP contribution in [0.3, 0.4) is 0 Å². The van der Waals surface area contributed by atoms with Crippen LogP contribution in [0.2, 0.25) is 0 Å². The number of fused-ring (bicyclic) bond motifs is 1. The van der Waals surface area contributed by atoms with E-state index >= 15 is 0 Å². The van der Waals surface area contributed by atoms with Crippen molar-refractivity contribution in [2.24, 2.45) is 5.92 Å². The first-order valence-electron chi connectivity index (χ1n) is 9.82. The van der Waals surface area contributed by atoms with Gasteiger partial charge in [-0.1, -0.05) is 24.3 Å². The summed E-state index contributed by atoms with van der Waals surface area (Å²) in [6.45, 7) is 5.28. The van der Waals surface area contributed by atoms with Crippen molar-refractivity contribution >= 4 is 16.7 Å². The van der Waals surface area contributed by atoms with Crippen molar-refractivity contribution in [3.8, 4) is 0 Å². The number of pyridine rings is 2. The Morgan fingerprint density at radius 1 is 1.07 bits per heavy atom. The highest BCUT2D eigenvalue weighted by atomic mass is 16.2. The molecule has 5 heteroatoms. The fourth-order valence-corrected chi connectivity index (χ4v) is 4.03. The first kappa shape index (κ1) is 18.6. The van der Waals surface area contributed by atoms with E-state index in [-0.39, 0.29) is 5.91 Å². The molecule has 1 amide bonds. The molecule has 144 valence electrons. The highest BCUT2D eigenvalue weighted by molar-refractivity contribution is 5.94. The second kappa shape index (κ2) is 8.07. The first-order valence-corrected chi connectivity index (χ1v) is 9.82. The molecule has 0 spiro atoms. The highest BCUT2D eigenvalue weighted by Gasteiger charge is 2.25. The molecule has 5 nitrogen and oxygen atoms in total. The number of amides is 1. The third-order valence-corrected chi connectivity index (χ3v) is 5.50. The number of hydrogen-bond acceptors (Lipinski definition) is 4. The molecule has 1 saturated heterocycles. The van der Waals surface area contributed by atoms with Crippen LogP contribution in [0.15, 0.2) is 55.0 Å². The zero-order chi connectivity index (χ0) is 19.5. The molecule has 0 N–H and O–H groups in total. The molecule has 0 aliphatic carbocycles. The van der Waals surface area contributed by atoms with E-state index in [4.69, 9.17) is 0 Å². The molecule has 0 radical (unpaired) electrons. The van der Waals surface area contributed by atoms with Crippen LogP contribution in [0, 0.1) is 12.8 Å². The van der Waals surface area contributed by atoms with Crippen LogP contribution in [0.25, 0.3) is 10.8 Å². The van der Waals surface area contributed by atoms with Crippen LogP contribution in [-0.2, 0) is 6.42 Å². The summed E-state index contributed by atoms with van der Waals surface area (Å²) in [5, 5.41) is 2.42. The number of carbonyl (C=O) groups excluding carboxylic acids is 1. The number of aryl methyl sites for hydroxylation is 1. The van der Waals surface area contributed by atoms with Gasteiger partial charge < -0.3 is 9.80 Å². The monoisotopic (exact) mass is 374 g/mol. The summed E-state index contributed by atoms with van der Waals surface area (Å²) in [5.74, 6) is 0.436. The number of rotatable bonds is 3. The normalized spacial score (nSPS) is 18.2. The fraction of sp³-hybridized carbons (Fsp3) is 0.348. The molecule has 0 saturated carbocycles. The van der Waals surface area contributed by atoms with Crippen LogP contribution in [0.1, 0.15) is 21.6 Å². The first-order chi connectivity index (χ1) is 13.6. The van der Waals surface area contributed by atoms with E-state index in [9.17, 15) is 4.79 Å². The second-order valence-electron chi connectivity index (χ2n) is 7.79. The van der Waals surface area contributed by atoms with Crippen LogP contribution in [0.5, 0.6) is 0 Å². The van der Waals surface area contributed by atoms with Crippen molar-refractivity contribution < 1.29 is 4.79 Å². The minimum absolute atomic E-state index is 0.0730. The Morgan fingerprint density at radius 2 is 1.93 bits per heavy atom. The van der Waals surface area contributed by atoms with E-state index < -0.39 is 0 Å². The number of nitrogens with zero attached hydrogens (tertiary/aromatic N) is 4. The minimum atomic E-state index is 0.0730. The van der Waals surface area contributed by atoms with Crippen molar-refractivity contribution in [2.45, 2.75) is 13.3 Å². The van der Waals surface area contributed by atoms with Gasteiger partial charge in [0.25, 0.3) is 5.91 Å². The number of carbonyl (C=O) groups is 1. The third kappa shape index (κ3) is 4.04. The van der Waals surface area contributed by atoms with Gasteiger partial charge in [-0.2, -0.15) is 0 Å². The molecule has 1 atom stereocenters. The van der Waals surface area contributed by atoms with E-state index in [1.165, 1.54) is 16.3 Å². The van der Waals surface area contributed by atoms with Gasteiger partial charge in [-0.3, -0.25) is 14.8 Å². The van der Waals surface area contributed by atoms with E-state index in [1.807, 2.05) is 42.4 Å². The lowest BCUT2D eigenvalue weighted by Gasteiger charge is -2.24. The highest BCUT2D eigenvalue weighted by Crippen LogP contribution is 2.22. The summed E-state index contributed by atoms with van der Waals surface area (Å²) in [6, 6.07) is 12.2. The zero-order valence-electron chi connectivity index (χ0n) is 16.5. The molecule has 3 aromatic rings. The summed E-state index contributed by atoms with van der Waals surface area (Å²) >= 11 is 0. The predicted octanol–water partition coefficient (Wildman–Crippen LogP) is 3.18. The molecule has 3 heterocycles. The maximum Gasteiger partial charge on any atom is 0.255 e. The number of hydrogen-bond donors (Lipinski definition) is 0. The van der Waals surface area contributed by atoms with Gasteiger partial charge in [-0.15, -0.1) is 0 Å². The van der Waals surface area contributed by atoms with Crippen molar-refractivity contribution in [1.82, 2.24) is 19.8 Å². The lowest BCUT2D eigenvalue weighted by molar-refractivity contribution is 0.0746. The zero-order valence-corrected chi connectivity index (χ0v) is 16.5. The van der Waals surface area contributed by atoms with Gasteiger partial charge in [0, 0.05) is 55.8 Å². The molecule has 1 aromatic carbocycles. The standard InChI is InChI=1S/C23H26N4O/c1-17-7-8-20(14-25-17)23(28)27-10-9-26(2)15-18(16-27)11-21-13-24-12-19-5-3-4-6-22(19)21/h3-8,12-14,18H,9-11,15-16H2,1-2H3. The Balaban J connectivity index is 1.56. The van der Waals surface area contributed by atoms with Gasteiger partial charge in [0.15, 0.2) is 0 Å². The van der Waals surface area contributed by atoms with Crippen molar-refractivity contribution in [3.05, 3.63) is 71.8 Å². The summed E-state index contributed by atoms with van der Waals surface area (Å²) in [4.78, 5) is 26.1. The molecule has 28 heavy (non-hydrogen) atoms. The number of benzene rings is 1. The molecule has 1 aliphatic rings. The average molecular weight is 374 g/mol. The van der Waals surface area contributed by atoms with Crippen LogP contribution in [-0.4, -0.2) is 58.9 Å². The summed E-state index contributed by atoms with van der Waals surface area (Å²) in [5.41, 5.74) is 2.84. The maximum atomic E-state index is 13.0. The quantitative estimate of drug-likeness (QED) is 0.706. The molecule has 1 aliphatic heterocycles. The Kier molecular flexibility index (Phi) is 5.35. The Morgan fingerprint density at radius 3 is 2.75 bits per heavy atom. The second-order valence-corrected chi connectivity index (χ2v) is 7.79. The Hall–Kier alpha value is -2.79. The van der Waals surface area contributed by atoms with Crippen molar-refractivity contribution in [1.29, 1.82) is 0 Å². The third-order valence-electron chi connectivity index (χ3n) is 5.50. The average Bonchev–Trinajstić information content (AvgIpc) is 2.89.